The minimum absolute atomic E-state index is 0.0665. The van der Waals surface area contributed by atoms with Crippen LogP contribution >= 0.6 is 11.6 Å². The summed E-state index contributed by atoms with van der Waals surface area (Å²) in [5.41, 5.74) is 0. The van der Waals surface area contributed by atoms with Crippen LogP contribution in [-0.2, 0) is 0 Å². The summed E-state index contributed by atoms with van der Waals surface area (Å²) < 4.78 is 24.8. The van der Waals surface area contributed by atoms with E-state index in [-0.39, 0.29) is 18.8 Å². The Morgan fingerprint density at radius 1 is 1.31 bits per heavy atom. The van der Waals surface area contributed by atoms with Gasteiger partial charge < -0.3 is 5.32 Å². The van der Waals surface area contributed by atoms with Crippen molar-refractivity contribution in [2.24, 2.45) is 5.92 Å². The van der Waals surface area contributed by atoms with Gasteiger partial charge in [0, 0.05) is 24.3 Å². The van der Waals surface area contributed by atoms with Crippen molar-refractivity contribution in [3.8, 4) is 0 Å². The summed E-state index contributed by atoms with van der Waals surface area (Å²) in [4.78, 5) is 0. The second-order valence-corrected chi connectivity index (χ2v) is 4.92. The van der Waals surface area contributed by atoms with E-state index in [0.717, 1.165) is 19.4 Å². The van der Waals surface area contributed by atoms with Crippen LogP contribution in [0, 0.1) is 5.92 Å². The molecule has 76 valence electrons. The van der Waals surface area contributed by atoms with Crippen LogP contribution in [0.5, 0.6) is 0 Å². The van der Waals surface area contributed by atoms with Gasteiger partial charge in [0.25, 0.3) is 0 Å². The molecule has 0 radical (unpaired) electrons. The van der Waals surface area contributed by atoms with Gasteiger partial charge in [-0.2, -0.15) is 0 Å². The summed E-state index contributed by atoms with van der Waals surface area (Å²) >= 11 is 5.79. The molecule has 2 aliphatic rings. The molecule has 0 saturated heterocycles. The largest absolute Gasteiger partial charge is 0.314 e. The first-order valence-corrected chi connectivity index (χ1v) is 5.24. The van der Waals surface area contributed by atoms with Gasteiger partial charge in [0.2, 0.25) is 5.92 Å². The molecule has 1 nitrogen and oxygen atoms in total. The van der Waals surface area contributed by atoms with Gasteiger partial charge in [-0.25, -0.2) is 8.78 Å². The zero-order valence-electron chi connectivity index (χ0n) is 7.40. The van der Waals surface area contributed by atoms with Crippen molar-refractivity contribution in [2.45, 2.75) is 43.0 Å². The predicted octanol–water partition coefficient (Wildman–Crippen LogP) is 2.39. The molecule has 0 aliphatic heterocycles. The molecule has 4 heteroatoms. The molecule has 1 N–H and O–H groups in total. The van der Waals surface area contributed by atoms with Gasteiger partial charge >= 0.3 is 0 Å². The van der Waals surface area contributed by atoms with Gasteiger partial charge in [-0.1, -0.05) is 0 Å². The normalized spacial score (nSPS) is 38.1. The van der Waals surface area contributed by atoms with Crippen LogP contribution in [0.3, 0.4) is 0 Å². The Hall–Kier alpha value is 0.110. The van der Waals surface area contributed by atoms with E-state index in [9.17, 15) is 8.78 Å². The molecule has 0 bridgehead atoms. The van der Waals surface area contributed by atoms with Gasteiger partial charge in [0.15, 0.2) is 0 Å². The molecule has 2 aliphatic carbocycles. The third-order valence-electron chi connectivity index (χ3n) is 2.95. The number of hydrogen-bond acceptors (Lipinski definition) is 1. The first-order chi connectivity index (χ1) is 6.05. The van der Waals surface area contributed by atoms with Crippen molar-refractivity contribution < 1.29 is 8.78 Å². The average molecular weight is 210 g/mol. The maximum Gasteiger partial charge on any atom is 0.248 e. The molecule has 0 aromatic heterocycles. The number of rotatable bonds is 3. The average Bonchev–Trinajstić information content (AvgIpc) is 1.91. The van der Waals surface area contributed by atoms with E-state index in [0.29, 0.717) is 11.4 Å². The SMILES string of the molecule is FC1(F)CC(CNC2CC(Cl)C2)C1. The summed E-state index contributed by atoms with van der Waals surface area (Å²) in [7, 11) is 0. The van der Waals surface area contributed by atoms with Crippen molar-refractivity contribution in [3.05, 3.63) is 0 Å². The molecule has 0 aromatic carbocycles. The van der Waals surface area contributed by atoms with Crippen molar-refractivity contribution >= 4 is 11.6 Å². The summed E-state index contributed by atoms with van der Waals surface area (Å²) in [5, 5.41) is 3.58. The maximum absolute atomic E-state index is 12.4. The first-order valence-electron chi connectivity index (χ1n) is 4.80. The predicted molar refractivity (Wildman–Crippen MR) is 48.3 cm³/mol. The molecule has 2 rings (SSSR count). The highest BCUT2D eigenvalue weighted by Crippen LogP contribution is 2.42. The van der Waals surface area contributed by atoms with Crippen molar-refractivity contribution in [1.29, 1.82) is 0 Å². The van der Waals surface area contributed by atoms with Crippen LogP contribution in [-0.4, -0.2) is 23.9 Å². The van der Waals surface area contributed by atoms with Crippen molar-refractivity contribution in [2.75, 3.05) is 6.54 Å². The van der Waals surface area contributed by atoms with E-state index < -0.39 is 5.92 Å². The fraction of sp³-hybridized carbons (Fsp3) is 1.00. The van der Waals surface area contributed by atoms with Crippen LogP contribution in [0.25, 0.3) is 0 Å². The zero-order chi connectivity index (χ0) is 9.47. The minimum atomic E-state index is -2.37. The Morgan fingerprint density at radius 3 is 2.38 bits per heavy atom. The Kier molecular flexibility index (Phi) is 2.49. The summed E-state index contributed by atoms with van der Waals surface area (Å²) in [6.07, 6.45) is 2.11. The van der Waals surface area contributed by atoms with Crippen LogP contribution in [0.1, 0.15) is 25.7 Å². The van der Waals surface area contributed by atoms with Crippen molar-refractivity contribution in [3.63, 3.8) is 0 Å². The standard InChI is InChI=1S/C9H14ClF2N/c10-7-1-8(2-7)13-5-6-3-9(11,12)4-6/h6-8,13H,1-5H2. The van der Waals surface area contributed by atoms with Crippen LogP contribution in [0.4, 0.5) is 8.78 Å². The fourth-order valence-electron chi connectivity index (χ4n) is 1.98. The molecule has 0 aromatic rings. The second-order valence-electron chi connectivity index (χ2n) is 4.30. The Bertz CT molecular complexity index is 184. The maximum atomic E-state index is 12.4. The van der Waals surface area contributed by atoms with Crippen molar-refractivity contribution in [1.82, 2.24) is 5.32 Å². The molecule has 13 heavy (non-hydrogen) atoms. The molecule has 0 heterocycles. The lowest BCUT2D eigenvalue weighted by molar-refractivity contribution is -0.109. The van der Waals surface area contributed by atoms with E-state index in [2.05, 4.69) is 5.32 Å². The van der Waals surface area contributed by atoms with Gasteiger partial charge in [0.1, 0.15) is 0 Å². The number of hydrogen-bond donors (Lipinski definition) is 1. The second kappa shape index (κ2) is 3.35. The van der Waals surface area contributed by atoms with Gasteiger partial charge in [-0.15, -0.1) is 11.6 Å². The topological polar surface area (TPSA) is 12.0 Å². The van der Waals surface area contributed by atoms with E-state index in [1.165, 1.54) is 0 Å². The molecule has 0 amide bonds. The lowest BCUT2D eigenvalue weighted by Crippen LogP contribution is -2.47. The fourth-order valence-corrected chi connectivity index (χ4v) is 2.41. The lowest BCUT2D eigenvalue weighted by Gasteiger charge is -2.38. The minimum Gasteiger partial charge on any atom is -0.314 e. The monoisotopic (exact) mass is 209 g/mol. The highest BCUT2D eigenvalue weighted by molar-refractivity contribution is 6.21. The first kappa shape index (κ1) is 9.66. The number of nitrogens with one attached hydrogen (secondary N) is 1. The molecule has 0 spiro atoms. The Morgan fingerprint density at radius 2 is 1.92 bits per heavy atom. The quantitative estimate of drug-likeness (QED) is 0.704. The van der Waals surface area contributed by atoms with Gasteiger partial charge in [0.05, 0.1) is 0 Å². The van der Waals surface area contributed by atoms with Gasteiger partial charge in [-0.05, 0) is 25.3 Å². The third kappa shape index (κ3) is 2.32. The Labute approximate surface area is 81.8 Å². The summed E-state index contributed by atoms with van der Waals surface area (Å²) in [6.45, 7) is 0.740. The molecule has 0 unspecified atom stereocenters. The van der Waals surface area contributed by atoms with Crippen LogP contribution < -0.4 is 5.32 Å². The van der Waals surface area contributed by atoms with E-state index >= 15 is 0 Å². The molecule has 0 atom stereocenters. The van der Waals surface area contributed by atoms with E-state index in [4.69, 9.17) is 11.6 Å². The lowest BCUT2D eigenvalue weighted by atomic mass is 9.80. The smallest absolute Gasteiger partial charge is 0.248 e. The van der Waals surface area contributed by atoms with E-state index in [1.54, 1.807) is 0 Å². The number of halogens is 3. The van der Waals surface area contributed by atoms with E-state index in [1.807, 2.05) is 0 Å². The highest BCUT2D eigenvalue weighted by Gasteiger charge is 2.45. The zero-order valence-corrected chi connectivity index (χ0v) is 8.16. The van der Waals surface area contributed by atoms with Gasteiger partial charge in [-0.3, -0.25) is 0 Å². The molecule has 2 saturated carbocycles. The van der Waals surface area contributed by atoms with Crippen LogP contribution in [0.2, 0.25) is 0 Å². The summed E-state index contributed by atoms with van der Waals surface area (Å²) in [5.74, 6) is -2.19. The molecular formula is C9H14ClF2N. The molecule has 2 fully saturated rings. The highest BCUT2D eigenvalue weighted by atomic mass is 35.5. The summed E-state index contributed by atoms with van der Waals surface area (Å²) in [6, 6.07) is 0.483. The third-order valence-corrected chi connectivity index (χ3v) is 3.31. The van der Waals surface area contributed by atoms with Crippen LogP contribution in [0.15, 0.2) is 0 Å². The Balaban J connectivity index is 1.55. The molecular weight excluding hydrogens is 196 g/mol. The number of alkyl halides is 3.